The zero-order valence-corrected chi connectivity index (χ0v) is 16.4. The Hall–Kier alpha value is -2.25. The number of benzene rings is 1. The SMILES string of the molecule is CCOC(=O)Nc1nnc(SCC(=O)Nc2ccc([N+](=O)[O-])cc2Br)s1. The smallest absolute Gasteiger partial charge is 0.413 e. The maximum Gasteiger partial charge on any atom is 0.413 e. The van der Waals surface area contributed by atoms with Gasteiger partial charge in [-0.05, 0) is 28.9 Å². The van der Waals surface area contributed by atoms with E-state index in [1.54, 1.807) is 6.92 Å². The molecular weight excluding hydrogens is 450 g/mol. The zero-order chi connectivity index (χ0) is 19.1. The number of halogens is 1. The van der Waals surface area contributed by atoms with E-state index in [1.807, 2.05) is 0 Å². The van der Waals surface area contributed by atoms with E-state index in [4.69, 9.17) is 4.74 Å². The van der Waals surface area contributed by atoms with Gasteiger partial charge in [-0.3, -0.25) is 20.2 Å². The van der Waals surface area contributed by atoms with Gasteiger partial charge in [0.1, 0.15) is 0 Å². The van der Waals surface area contributed by atoms with E-state index in [1.165, 1.54) is 18.2 Å². The normalized spacial score (nSPS) is 10.2. The van der Waals surface area contributed by atoms with Gasteiger partial charge in [0, 0.05) is 16.6 Å². The highest BCUT2D eigenvalue weighted by molar-refractivity contribution is 9.10. The van der Waals surface area contributed by atoms with Crippen molar-refractivity contribution >= 4 is 67.5 Å². The molecule has 0 spiro atoms. The van der Waals surface area contributed by atoms with Crippen molar-refractivity contribution in [3.05, 3.63) is 32.8 Å². The number of ether oxygens (including phenoxy) is 1. The molecule has 10 nitrogen and oxygen atoms in total. The Morgan fingerprint density at radius 2 is 2.15 bits per heavy atom. The van der Waals surface area contributed by atoms with Crippen LogP contribution in [0, 0.1) is 10.1 Å². The Morgan fingerprint density at radius 1 is 1.38 bits per heavy atom. The number of nitro benzene ring substituents is 1. The quantitative estimate of drug-likeness (QED) is 0.276. The van der Waals surface area contributed by atoms with Gasteiger partial charge in [0.15, 0.2) is 4.34 Å². The van der Waals surface area contributed by atoms with Gasteiger partial charge in [-0.2, -0.15) is 0 Å². The first-order valence-electron chi connectivity index (χ1n) is 7.03. The van der Waals surface area contributed by atoms with Crippen LogP contribution in [0.25, 0.3) is 0 Å². The highest BCUT2D eigenvalue weighted by atomic mass is 79.9. The molecule has 0 aliphatic carbocycles. The van der Waals surface area contributed by atoms with Crippen molar-refractivity contribution in [1.82, 2.24) is 10.2 Å². The molecule has 1 aromatic carbocycles. The number of amides is 2. The van der Waals surface area contributed by atoms with E-state index < -0.39 is 11.0 Å². The Kier molecular flexibility index (Phi) is 7.29. The second kappa shape index (κ2) is 9.45. The average Bonchev–Trinajstić information content (AvgIpc) is 3.02. The first-order valence-corrected chi connectivity index (χ1v) is 9.62. The van der Waals surface area contributed by atoms with Crippen molar-refractivity contribution in [2.45, 2.75) is 11.3 Å². The molecule has 26 heavy (non-hydrogen) atoms. The maximum absolute atomic E-state index is 12.0. The second-order valence-electron chi connectivity index (χ2n) is 4.48. The first-order chi connectivity index (χ1) is 12.4. The molecule has 0 aliphatic heterocycles. The van der Waals surface area contributed by atoms with Crippen molar-refractivity contribution in [3.8, 4) is 0 Å². The second-order valence-corrected chi connectivity index (χ2v) is 7.53. The summed E-state index contributed by atoms with van der Waals surface area (Å²) in [6.45, 7) is 1.92. The average molecular weight is 462 g/mol. The van der Waals surface area contributed by atoms with Crippen LogP contribution in [0.15, 0.2) is 27.0 Å². The van der Waals surface area contributed by atoms with Crippen LogP contribution in [-0.4, -0.2) is 39.5 Å². The first kappa shape index (κ1) is 20.1. The van der Waals surface area contributed by atoms with Gasteiger partial charge < -0.3 is 10.1 Å². The van der Waals surface area contributed by atoms with Gasteiger partial charge in [0.25, 0.3) is 5.69 Å². The molecule has 0 saturated heterocycles. The van der Waals surface area contributed by atoms with Crippen molar-refractivity contribution in [2.75, 3.05) is 23.0 Å². The van der Waals surface area contributed by atoms with Crippen LogP contribution in [0.5, 0.6) is 0 Å². The summed E-state index contributed by atoms with van der Waals surface area (Å²) in [5.41, 5.74) is 0.336. The molecule has 138 valence electrons. The van der Waals surface area contributed by atoms with Crippen molar-refractivity contribution in [2.24, 2.45) is 0 Å². The fourth-order valence-corrected chi connectivity index (χ4v) is 3.61. The molecule has 13 heteroatoms. The minimum atomic E-state index is -0.624. The van der Waals surface area contributed by atoms with Gasteiger partial charge in [-0.15, -0.1) is 10.2 Å². The standard InChI is InChI=1S/C13H12BrN5O5S2/c1-2-24-12(21)16-11-17-18-13(26-11)25-6-10(20)15-9-4-3-7(19(22)23)5-8(9)14/h3-5H,2,6H2,1H3,(H,15,20)(H,16,17,21). The summed E-state index contributed by atoms with van der Waals surface area (Å²) in [6.07, 6.45) is -0.624. The van der Waals surface area contributed by atoms with Crippen molar-refractivity contribution < 1.29 is 19.2 Å². The van der Waals surface area contributed by atoms with Crippen LogP contribution in [0.2, 0.25) is 0 Å². The number of non-ortho nitro benzene ring substituents is 1. The summed E-state index contributed by atoms with van der Waals surface area (Å²) in [6, 6.07) is 4.05. The third-order valence-corrected chi connectivity index (χ3v) is 5.28. The minimum absolute atomic E-state index is 0.0530. The van der Waals surface area contributed by atoms with E-state index in [9.17, 15) is 19.7 Å². The number of nitrogens with zero attached hydrogens (tertiary/aromatic N) is 3. The van der Waals surface area contributed by atoms with Crippen LogP contribution in [-0.2, 0) is 9.53 Å². The number of anilines is 2. The molecule has 0 radical (unpaired) electrons. The van der Waals surface area contributed by atoms with Crippen LogP contribution in [0.4, 0.5) is 21.3 Å². The molecule has 1 aromatic heterocycles. The largest absolute Gasteiger partial charge is 0.450 e. The van der Waals surface area contributed by atoms with Gasteiger partial charge in [-0.1, -0.05) is 23.1 Å². The number of nitro groups is 1. The van der Waals surface area contributed by atoms with E-state index in [0.717, 1.165) is 23.1 Å². The third kappa shape index (κ3) is 5.93. The fraction of sp³-hybridized carbons (Fsp3) is 0.231. The number of carbonyl (C=O) groups excluding carboxylic acids is 2. The van der Waals surface area contributed by atoms with Gasteiger partial charge >= 0.3 is 6.09 Å². The van der Waals surface area contributed by atoms with Crippen molar-refractivity contribution in [1.29, 1.82) is 0 Å². The molecular formula is C13H12BrN5O5S2. The molecule has 0 unspecified atom stereocenters. The zero-order valence-electron chi connectivity index (χ0n) is 13.2. The molecule has 2 amide bonds. The third-order valence-electron chi connectivity index (χ3n) is 2.66. The number of carbonyl (C=O) groups is 2. The van der Waals surface area contributed by atoms with Crippen LogP contribution in [0.1, 0.15) is 6.92 Å². The van der Waals surface area contributed by atoms with Crippen molar-refractivity contribution in [3.63, 3.8) is 0 Å². The maximum atomic E-state index is 12.0. The number of aromatic nitrogens is 2. The van der Waals surface area contributed by atoms with Gasteiger partial charge in [0.2, 0.25) is 11.0 Å². The summed E-state index contributed by atoms with van der Waals surface area (Å²) in [7, 11) is 0. The molecule has 1 heterocycles. The Balaban J connectivity index is 1.86. The summed E-state index contributed by atoms with van der Waals surface area (Å²) >= 11 is 5.43. The lowest BCUT2D eigenvalue weighted by atomic mass is 10.3. The predicted molar refractivity (Wildman–Crippen MR) is 101 cm³/mol. The molecule has 2 N–H and O–H groups in total. The minimum Gasteiger partial charge on any atom is -0.450 e. The van der Waals surface area contributed by atoms with Gasteiger partial charge in [-0.25, -0.2) is 4.79 Å². The molecule has 2 rings (SSSR count). The summed E-state index contributed by atoms with van der Waals surface area (Å²) in [5, 5.41) is 23.7. The molecule has 0 atom stereocenters. The number of rotatable bonds is 7. The summed E-state index contributed by atoms with van der Waals surface area (Å²) in [5.74, 6) is -0.267. The number of nitrogens with one attached hydrogen (secondary N) is 2. The number of thioether (sulfide) groups is 1. The van der Waals surface area contributed by atoms with E-state index in [2.05, 4.69) is 36.8 Å². The van der Waals surface area contributed by atoms with Gasteiger partial charge in [0.05, 0.1) is 23.0 Å². The topological polar surface area (TPSA) is 136 Å². The molecule has 0 bridgehead atoms. The highest BCUT2D eigenvalue weighted by Crippen LogP contribution is 2.28. The molecule has 0 saturated carbocycles. The molecule has 2 aromatic rings. The lowest BCUT2D eigenvalue weighted by molar-refractivity contribution is -0.384. The monoisotopic (exact) mass is 461 g/mol. The highest BCUT2D eigenvalue weighted by Gasteiger charge is 2.13. The Bertz CT molecular complexity index is 831. The van der Waals surface area contributed by atoms with E-state index in [-0.39, 0.29) is 29.1 Å². The number of hydrogen-bond acceptors (Lipinski definition) is 9. The lowest BCUT2D eigenvalue weighted by Gasteiger charge is -2.06. The summed E-state index contributed by atoms with van der Waals surface area (Å²) in [4.78, 5) is 33.5. The van der Waals surface area contributed by atoms with Crippen LogP contribution in [0.3, 0.4) is 0 Å². The molecule has 0 aliphatic rings. The van der Waals surface area contributed by atoms with E-state index in [0.29, 0.717) is 14.5 Å². The van der Waals surface area contributed by atoms with E-state index >= 15 is 0 Å². The number of hydrogen-bond donors (Lipinski definition) is 2. The summed E-state index contributed by atoms with van der Waals surface area (Å²) < 4.78 is 5.62. The van der Waals surface area contributed by atoms with Crippen LogP contribution < -0.4 is 10.6 Å². The predicted octanol–water partition coefficient (Wildman–Crippen LogP) is 3.51. The van der Waals surface area contributed by atoms with Crippen LogP contribution >= 0.6 is 39.0 Å². The molecule has 0 fully saturated rings. The fourth-order valence-electron chi connectivity index (χ4n) is 1.61. The Labute approximate surface area is 164 Å². The Morgan fingerprint density at radius 3 is 2.81 bits per heavy atom. The lowest BCUT2D eigenvalue weighted by Crippen LogP contribution is -2.14.